The van der Waals surface area contributed by atoms with Gasteiger partial charge in [-0.15, -0.1) is 108 Å². The Bertz CT molecular complexity index is 3590. The summed E-state index contributed by atoms with van der Waals surface area (Å²) in [6.45, 7) is 3.98. The molecule has 0 saturated carbocycles. The van der Waals surface area contributed by atoms with E-state index in [0.717, 1.165) is 115 Å². The van der Waals surface area contributed by atoms with Crippen molar-refractivity contribution in [2.75, 3.05) is 14.2 Å². The number of nitrogens with zero attached hydrogens (tertiary/aromatic N) is 4. The molecule has 0 aliphatic carbocycles. The molecule has 404 valence electrons. The molecule has 12 aromatic rings. The molecular weight excluding hydrogens is 1370 g/mol. The molecule has 2 N–H and O–H groups in total. The van der Waals surface area contributed by atoms with Crippen LogP contribution in [0, 0.1) is 32.0 Å². The summed E-state index contributed by atoms with van der Waals surface area (Å²) in [6, 6.07) is 75.2. The predicted molar refractivity (Wildman–Crippen MR) is 291 cm³/mol. The quantitative estimate of drug-likeness (QED) is 0.0974. The molecule has 17 heteroatoms. The first-order valence-electron chi connectivity index (χ1n) is 23.1. The summed E-state index contributed by atoms with van der Waals surface area (Å²) in [4.78, 5) is 17.9. The van der Waals surface area contributed by atoms with Gasteiger partial charge in [-0.25, -0.2) is 8.42 Å². The number of aliphatic hydroxyl groups is 2. The Hall–Kier alpha value is -7.56. The zero-order valence-electron chi connectivity index (χ0n) is 42.1. The van der Waals surface area contributed by atoms with Crippen molar-refractivity contribution in [2.45, 2.75) is 19.4 Å². The molecule has 0 amide bonds. The minimum atomic E-state index is -6.09. The number of alkyl halides is 3. The number of aryl methyl sites for hydroxylation is 2. The third-order valence-electron chi connectivity index (χ3n) is 10.6. The number of benzene rings is 6. The summed E-state index contributed by atoms with van der Waals surface area (Å²) in [5.74, 6) is 0. The topological polar surface area (TPSA) is 175 Å². The van der Waals surface area contributed by atoms with Gasteiger partial charge in [-0.1, -0.05) is 91.0 Å². The van der Waals surface area contributed by atoms with Crippen molar-refractivity contribution >= 4 is 54.0 Å². The van der Waals surface area contributed by atoms with E-state index < -0.39 is 15.6 Å². The SMILES string of the molecule is CO.CO.Cc1cccc(-c2[c-]cccc2)n1.Cc1cccc(-c2[c-]cccc2)n1.O=S(=O)([O-])C(F)(F)F.[Ir].[Ir].[c-]1ccccc1-c1cc2oc3ccccc3c2cn1.c1ccc(-c2cc3oc4ccccc4c3cn2)cc1. The first kappa shape index (κ1) is 63.0. The summed E-state index contributed by atoms with van der Waals surface area (Å²) >= 11 is 0. The Labute approximate surface area is 477 Å². The molecule has 11 nitrogen and oxygen atoms in total. The van der Waals surface area contributed by atoms with Crippen LogP contribution in [0.2, 0.25) is 0 Å². The molecule has 0 spiro atoms. The van der Waals surface area contributed by atoms with E-state index in [2.05, 4.69) is 62.4 Å². The number of para-hydroxylation sites is 2. The van der Waals surface area contributed by atoms with Crippen LogP contribution in [0.3, 0.4) is 0 Å². The smallest absolute Gasteiger partial charge is 0.485 e. The van der Waals surface area contributed by atoms with Crippen LogP contribution in [0.4, 0.5) is 13.2 Å². The number of aliphatic hydroxyl groups excluding tert-OH is 2. The van der Waals surface area contributed by atoms with Gasteiger partial charge in [-0.05, 0) is 61.3 Å². The van der Waals surface area contributed by atoms with Crippen molar-refractivity contribution in [1.82, 2.24) is 19.9 Å². The van der Waals surface area contributed by atoms with Gasteiger partial charge in [-0.2, -0.15) is 13.2 Å². The number of hydrogen-bond acceptors (Lipinski definition) is 11. The van der Waals surface area contributed by atoms with E-state index in [-0.39, 0.29) is 40.2 Å². The molecule has 6 aromatic carbocycles. The molecule has 6 aromatic heterocycles. The average Bonchev–Trinajstić information content (AvgIpc) is 4.06. The van der Waals surface area contributed by atoms with E-state index in [0.29, 0.717) is 0 Å². The summed E-state index contributed by atoms with van der Waals surface area (Å²) in [7, 11) is -4.09. The van der Waals surface area contributed by atoms with Gasteiger partial charge in [0.1, 0.15) is 22.3 Å². The number of rotatable bonds is 4. The monoisotopic (exact) mass is 1420 g/mol. The maximum absolute atomic E-state index is 10.7. The van der Waals surface area contributed by atoms with Gasteiger partial charge < -0.3 is 38.6 Å². The van der Waals surface area contributed by atoms with Crippen LogP contribution in [0.5, 0.6) is 0 Å². The Morgan fingerprint density at radius 1 is 0.449 bits per heavy atom. The van der Waals surface area contributed by atoms with Crippen molar-refractivity contribution in [3.63, 3.8) is 0 Å². The van der Waals surface area contributed by atoms with Crippen LogP contribution < -0.4 is 0 Å². The number of furan rings is 2. The van der Waals surface area contributed by atoms with Crippen LogP contribution in [0.1, 0.15) is 11.4 Å². The standard InChI is InChI=1S/C17H11NO.C17H10NO.2C12H10N.CHF3O3S.2CH4O.2Ir/c2*1-2-6-12(7-3-1)15-10-17-14(11-18-15)13-8-4-5-9-16(13)19-17;2*1-10-6-5-9-12(13-10)11-7-3-2-4-8-11;2-1(3,4)8(5,6)7;2*1-2;;/h1-11H;1-6,8-11H;2*2-7,9H,1H3;(H,5,6,7);2*2H,1H3;;/q;3*-1;;;;;/p-1. The Balaban J connectivity index is 0.000000211. The molecule has 0 fully saturated rings. The minimum Gasteiger partial charge on any atom is -0.741 e. The predicted octanol–water partition coefficient (Wildman–Crippen LogP) is 14.1. The number of aromatic nitrogens is 4. The summed E-state index contributed by atoms with van der Waals surface area (Å²) in [5, 5.41) is 18.3. The fourth-order valence-electron chi connectivity index (χ4n) is 7.20. The van der Waals surface area contributed by atoms with Crippen LogP contribution in [-0.4, -0.2) is 62.8 Å². The normalized spacial score (nSPS) is 10.3. The van der Waals surface area contributed by atoms with E-state index >= 15 is 0 Å². The van der Waals surface area contributed by atoms with E-state index in [1.54, 1.807) is 0 Å². The number of fused-ring (bicyclic) bond motifs is 6. The largest absolute Gasteiger partial charge is 0.741 e. The van der Waals surface area contributed by atoms with Crippen LogP contribution in [0.15, 0.2) is 221 Å². The van der Waals surface area contributed by atoms with Gasteiger partial charge in [0.2, 0.25) is 0 Å². The van der Waals surface area contributed by atoms with Crippen molar-refractivity contribution < 1.29 is 85.4 Å². The number of hydrogen-bond donors (Lipinski definition) is 2. The van der Waals surface area contributed by atoms with Gasteiger partial charge in [0.05, 0.1) is 5.69 Å². The third kappa shape index (κ3) is 17.5. The average molecular weight is 1420 g/mol. The van der Waals surface area contributed by atoms with Gasteiger partial charge in [0.15, 0.2) is 10.1 Å². The number of halogens is 3. The van der Waals surface area contributed by atoms with Gasteiger partial charge >= 0.3 is 5.51 Å². The van der Waals surface area contributed by atoms with Crippen molar-refractivity contribution in [3.05, 3.63) is 242 Å². The molecule has 0 aliphatic heterocycles. The van der Waals surface area contributed by atoms with Gasteiger partial charge in [0, 0.05) is 111 Å². The summed E-state index contributed by atoms with van der Waals surface area (Å²) < 4.78 is 70.6. The molecule has 0 aliphatic rings. The molecule has 0 unspecified atom stereocenters. The zero-order chi connectivity index (χ0) is 54.5. The van der Waals surface area contributed by atoms with Crippen LogP contribution >= 0.6 is 0 Å². The second kappa shape index (κ2) is 31.0. The van der Waals surface area contributed by atoms with Gasteiger partial charge in [-0.3, -0.25) is 4.98 Å². The fraction of sp³-hybridized carbons (Fsp3) is 0.0820. The Morgan fingerprint density at radius 2 is 0.808 bits per heavy atom. The summed E-state index contributed by atoms with van der Waals surface area (Å²) in [5.41, 5.74) is 7.95. The van der Waals surface area contributed by atoms with Crippen molar-refractivity contribution in [3.8, 4) is 45.0 Å². The Kier molecular flexibility index (Phi) is 25.0. The fourth-order valence-corrected chi connectivity index (χ4v) is 7.20. The van der Waals surface area contributed by atoms with Crippen LogP contribution in [-0.2, 0) is 50.3 Å². The molecule has 0 atom stereocenters. The molecule has 0 bridgehead atoms. The second-order valence-corrected chi connectivity index (χ2v) is 17.1. The van der Waals surface area contributed by atoms with Gasteiger partial charge in [0.25, 0.3) is 0 Å². The van der Waals surface area contributed by atoms with Crippen LogP contribution in [0.25, 0.3) is 88.9 Å². The minimum absolute atomic E-state index is 0. The zero-order valence-corrected chi connectivity index (χ0v) is 47.7. The molecule has 2 radical (unpaired) electrons. The Morgan fingerprint density at radius 3 is 1.19 bits per heavy atom. The molecule has 12 rings (SSSR count). The molecule has 6 heterocycles. The molecule has 0 saturated heterocycles. The molecule has 78 heavy (non-hydrogen) atoms. The number of pyridine rings is 4. The first-order chi connectivity index (χ1) is 36.8. The second-order valence-electron chi connectivity index (χ2n) is 15.8. The maximum Gasteiger partial charge on any atom is 0.485 e. The van der Waals surface area contributed by atoms with E-state index in [1.165, 1.54) is 0 Å². The van der Waals surface area contributed by atoms with Crippen molar-refractivity contribution in [1.29, 1.82) is 0 Å². The van der Waals surface area contributed by atoms with Crippen molar-refractivity contribution in [2.24, 2.45) is 0 Å². The third-order valence-corrected chi connectivity index (χ3v) is 11.2. The van der Waals surface area contributed by atoms with E-state index in [4.69, 9.17) is 32.0 Å². The maximum atomic E-state index is 10.7. The first-order valence-corrected chi connectivity index (χ1v) is 24.5. The molecular formula is C61H49F3Ir2N4O7S-4. The van der Waals surface area contributed by atoms with E-state index in [9.17, 15) is 13.2 Å². The summed E-state index contributed by atoms with van der Waals surface area (Å²) in [6.07, 6.45) is 3.76. The van der Waals surface area contributed by atoms with E-state index in [1.807, 2.05) is 202 Å².